The van der Waals surface area contributed by atoms with Gasteiger partial charge in [-0.25, -0.2) is 10.0 Å². The van der Waals surface area contributed by atoms with Gasteiger partial charge in [-0.2, -0.15) is 0 Å². The van der Waals surface area contributed by atoms with Crippen molar-refractivity contribution in [3.8, 4) is 0 Å². The van der Waals surface area contributed by atoms with Gasteiger partial charge in [0.25, 0.3) is 5.91 Å². The molecule has 1 aromatic heterocycles. The van der Waals surface area contributed by atoms with Crippen LogP contribution in [-0.2, 0) is 11.3 Å². The van der Waals surface area contributed by atoms with Gasteiger partial charge in [-0.15, -0.1) is 0 Å². The lowest BCUT2D eigenvalue weighted by molar-refractivity contribution is -0.114. The van der Waals surface area contributed by atoms with Gasteiger partial charge in [0.15, 0.2) is 12.0 Å². The third-order valence-corrected chi connectivity index (χ3v) is 7.28. The van der Waals surface area contributed by atoms with E-state index in [0.29, 0.717) is 16.9 Å². The number of hydrogen-bond acceptors (Lipinski definition) is 4. The van der Waals surface area contributed by atoms with Gasteiger partial charge in [-0.3, -0.25) is 9.59 Å². The lowest BCUT2D eigenvalue weighted by Gasteiger charge is -2.31. The van der Waals surface area contributed by atoms with Crippen molar-refractivity contribution in [2.45, 2.75) is 26.6 Å². The first-order valence-corrected chi connectivity index (χ1v) is 13.2. The standard InChI is InChI=1S/C34H29N3O3/c1-23-12-16-27(17-13-23)36-33(39)30(34(40)37(36)28-18-14-24(2)15-19-28)20-26-21-35(31-11-7-6-10-29(26)31)22-32(38)25-8-4-3-5-9-25/h3-21,33,39H,22H2,1-2H3/b30-20-. The van der Waals surface area contributed by atoms with Crippen LogP contribution in [0.1, 0.15) is 27.0 Å². The molecule has 1 atom stereocenters. The number of Topliss-reactive ketones (excluding diaryl/α,β-unsaturated/α-hetero) is 1. The Bertz CT molecular complexity index is 1740. The molecule has 0 spiro atoms. The Morgan fingerprint density at radius 3 is 2.08 bits per heavy atom. The molecule has 1 aliphatic rings. The van der Waals surface area contributed by atoms with Gasteiger partial charge in [0.2, 0.25) is 0 Å². The highest BCUT2D eigenvalue weighted by Gasteiger charge is 2.42. The van der Waals surface area contributed by atoms with E-state index in [1.54, 1.807) is 11.1 Å². The Labute approximate surface area is 233 Å². The molecule has 198 valence electrons. The maximum Gasteiger partial charge on any atom is 0.277 e. The first kappa shape index (κ1) is 25.3. The minimum absolute atomic E-state index is 0.00590. The van der Waals surface area contributed by atoms with E-state index in [1.807, 2.05) is 128 Å². The Kier molecular flexibility index (Phi) is 6.54. The average molecular weight is 528 g/mol. The average Bonchev–Trinajstić information content (AvgIpc) is 3.44. The van der Waals surface area contributed by atoms with Crippen molar-refractivity contribution < 1.29 is 14.7 Å². The lowest BCUT2D eigenvalue weighted by atomic mass is 10.1. The molecule has 4 aromatic carbocycles. The van der Waals surface area contributed by atoms with E-state index >= 15 is 0 Å². The zero-order valence-electron chi connectivity index (χ0n) is 22.4. The van der Waals surface area contributed by atoms with Crippen LogP contribution in [0.2, 0.25) is 0 Å². The molecule has 0 radical (unpaired) electrons. The number of aromatic nitrogens is 1. The van der Waals surface area contributed by atoms with E-state index < -0.39 is 6.23 Å². The number of ketones is 1. The summed E-state index contributed by atoms with van der Waals surface area (Å²) in [6, 6.07) is 32.3. The second-order valence-electron chi connectivity index (χ2n) is 10.1. The molecule has 6 heteroatoms. The topological polar surface area (TPSA) is 65.8 Å². The number of carbonyl (C=O) groups is 2. The van der Waals surface area contributed by atoms with Crippen LogP contribution in [0.5, 0.6) is 0 Å². The van der Waals surface area contributed by atoms with Crippen molar-refractivity contribution in [2.75, 3.05) is 10.0 Å². The summed E-state index contributed by atoms with van der Waals surface area (Å²) in [5, 5.41) is 15.6. The summed E-state index contributed by atoms with van der Waals surface area (Å²) in [4.78, 5) is 27.0. The van der Waals surface area contributed by atoms with E-state index in [2.05, 4.69) is 0 Å². The predicted octanol–water partition coefficient (Wildman–Crippen LogP) is 6.31. The summed E-state index contributed by atoms with van der Waals surface area (Å²) in [5.74, 6) is -0.317. The number of carbonyl (C=O) groups excluding carboxylic acids is 2. The van der Waals surface area contributed by atoms with Crippen molar-refractivity contribution in [2.24, 2.45) is 0 Å². The summed E-state index contributed by atoms with van der Waals surface area (Å²) < 4.78 is 1.90. The van der Waals surface area contributed by atoms with Crippen LogP contribution in [0.25, 0.3) is 17.0 Å². The number of nitrogens with zero attached hydrogens (tertiary/aromatic N) is 3. The fourth-order valence-electron chi connectivity index (χ4n) is 5.15. The van der Waals surface area contributed by atoms with Crippen molar-refractivity contribution in [3.05, 3.63) is 137 Å². The van der Waals surface area contributed by atoms with E-state index in [9.17, 15) is 14.7 Å². The number of para-hydroxylation sites is 1. The molecule has 40 heavy (non-hydrogen) atoms. The fourth-order valence-corrected chi connectivity index (χ4v) is 5.15. The number of aryl methyl sites for hydroxylation is 2. The quantitative estimate of drug-likeness (QED) is 0.208. The molecule has 2 heterocycles. The zero-order chi connectivity index (χ0) is 27.8. The summed E-state index contributed by atoms with van der Waals surface area (Å²) in [6.07, 6.45) is 2.42. The van der Waals surface area contributed by atoms with Gasteiger partial charge < -0.3 is 9.67 Å². The molecular weight excluding hydrogens is 498 g/mol. The molecule has 1 aliphatic heterocycles. The maximum atomic E-state index is 14.0. The Morgan fingerprint density at radius 1 is 0.800 bits per heavy atom. The molecule has 6 nitrogen and oxygen atoms in total. The van der Waals surface area contributed by atoms with Crippen LogP contribution in [-0.4, -0.2) is 27.6 Å². The van der Waals surface area contributed by atoms with Crippen LogP contribution in [0, 0.1) is 13.8 Å². The maximum absolute atomic E-state index is 14.0. The molecule has 1 saturated heterocycles. The Hall–Kier alpha value is -4.94. The number of hydrogen-bond donors (Lipinski definition) is 1. The number of hydrazine groups is 1. The lowest BCUT2D eigenvalue weighted by Crippen LogP contribution is -2.43. The Morgan fingerprint density at radius 2 is 1.40 bits per heavy atom. The van der Waals surface area contributed by atoms with Crippen LogP contribution in [0.4, 0.5) is 11.4 Å². The number of aliphatic hydroxyl groups is 1. The van der Waals surface area contributed by atoms with Gasteiger partial charge in [0, 0.05) is 28.2 Å². The number of amides is 1. The first-order chi connectivity index (χ1) is 19.4. The summed E-state index contributed by atoms with van der Waals surface area (Å²) in [7, 11) is 0. The monoisotopic (exact) mass is 527 g/mol. The molecule has 1 fully saturated rings. The second kappa shape index (κ2) is 10.3. The minimum atomic E-state index is -1.20. The summed E-state index contributed by atoms with van der Waals surface area (Å²) in [6.45, 7) is 4.15. The first-order valence-electron chi connectivity index (χ1n) is 13.2. The second-order valence-corrected chi connectivity index (χ2v) is 10.1. The van der Waals surface area contributed by atoms with E-state index in [0.717, 1.165) is 27.6 Å². The fraction of sp³-hybridized carbons (Fsp3) is 0.118. The van der Waals surface area contributed by atoms with Gasteiger partial charge in [-0.05, 0) is 50.3 Å². The molecule has 0 bridgehead atoms. The van der Waals surface area contributed by atoms with E-state index in [4.69, 9.17) is 0 Å². The third-order valence-electron chi connectivity index (χ3n) is 7.28. The van der Waals surface area contributed by atoms with Crippen molar-refractivity contribution in [1.82, 2.24) is 4.57 Å². The highest BCUT2D eigenvalue weighted by Crippen LogP contribution is 2.36. The molecule has 0 saturated carbocycles. The molecule has 1 amide bonds. The molecule has 0 aliphatic carbocycles. The molecule has 6 rings (SSSR count). The van der Waals surface area contributed by atoms with Crippen LogP contribution < -0.4 is 10.0 Å². The molecule has 1 unspecified atom stereocenters. The third kappa shape index (κ3) is 4.59. The smallest absolute Gasteiger partial charge is 0.277 e. The number of fused-ring (bicyclic) bond motifs is 1. The van der Waals surface area contributed by atoms with Crippen molar-refractivity contribution >= 4 is 40.0 Å². The van der Waals surface area contributed by atoms with Crippen molar-refractivity contribution in [1.29, 1.82) is 0 Å². The largest absolute Gasteiger partial charge is 0.368 e. The van der Waals surface area contributed by atoms with Crippen molar-refractivity contribution in [3.63, 3.8) is 0 Å². The highest BCUT2D eigenvalue weighted by molar-refractivity contribution is 6.15. The van der Waals surface area contributed by atoms with Crippen LogP contribution in [0.15, 0.2) is 115 Å². The zero-order valence-corrected chi connectivity index (χ0v) is 22.4. The number of anilines is 2. The van der Waals surface area contributed by atoms with Gasteiger partial charge in [0.05, 0.1) is 23.5 Å². The predicted molar refractivity (Wildman–Crippen MR) is 159 cm³/mol. The van der Waals surface area contributed by atoms with Crippen LogP contribution >= 0.6 is 0 Å². The van der Waals surface area contributed by atoms with E-state index in [-0.39, 0.29) is 23.8 Å². The molecular formula is C34H29N3O3. The number of benzene rings is 4. The highest BCUT2D eigenvalue weighted by atomic mass is 16.3. The Balaban J connectivity index is 1.43. The van der Waals surface area contributed by atoms with Crippen LogP contribution in [0.3, 0.4) is 0 Å². The van der Waals surface area contributed by atoms with Gasteiger partial charge in [0.1, 0.15) is 0 Å². The van der Waals surface area contributed by atoms with E-state index in [1.165, 1.54) is 5.01 Å². The van der Waals surface area contributed by atoms with Gasteiger partial charge >= 0.3 is 0 Å². The van der Waals surface area contributed by atoms with Gasteiger partial charge in [-0.1, -0.05) is 83.9 Å². The normalized spacial score (nSPS) is 16.3. The summed E-state index contributed by atoms with van der Waals surface area (Å²) >= 11 is 0. The number of rotatable bonds is 6. The number of aliphatic hydroxyl groups excluding tert-OH is 1. The molecule has 5 aromatic rings. The minimum Gasteiger partial charge on any atom is -0.368 e. The SMILES string of the molecule is Cc1ccc(N2C(=O)/C(=C\c3cn(CC(=O)c4ccccc4)c4ccccc34)C(O)N2c2ccc(C)cc2)cc1. The molecule has 1 N–H and O–H groups in total. The summed E-state index contributed by atoms with van der Waals surface area (Å²) in [5.41, 5.74) is 6.05.